The van der Waals surface area contributed by atoms with Crippen molar-refractivity contribution in [2.45, 2.75) is 110 Å². The van der Waals surface area contributed by atoms with E-state index in [4.69, 9.17) is 14.5 Å². The first-order valence-corrected chi connectivity index (χ1v) is 19.1. The summed E-state index contributed by atoms with van der Waals surface area (Å²) in [5.74, 6) is -1.80. The van der Waals surface area contributed by atoms with Crippen LogP contribution in [0.1, 0.15) is 110 Å². The maximum Gasteiger partial charge on any atom is 0.411 e. The average Bonchev–Trinajstić information content (AvgIpc) is 3.92. The largest absolute Gasteiger partial charge is 0.444 e. The molecule has 10 nitrogen and oxygen atoms in total. The Bertz CT molecular complexity index is 2320. The molecule has 2 aliphatic heterocycles. The van der Waals surface area contributed by atoms with Crippen molar-refractivity contribution in [1.82, 2.24) is 29.7 Å². The zero-order valence-corrected chi connectivity index (χ0v) is 32.6. The Morgan fingerprint density at radius 2 is 1.44 bits per heavy atom. The van der Waals surface area contributed by atoms with Gasteiger partial charge < -0.3 is 19.4 Å². The molecule has 2 N–H and O–H groups in total. The molecule has 2 aromatic heterocycles. The van der Waals surface area contributed by atoms with Gasteiger partial charge in [0.2, 0.25) is 0 Å². The number of nitrogens with one attached hydrogen (secondary N) is 2. The van der Waals surface area contributed by atoms with E-state index in [1.807, 2.05) is 78.8 Å². The monoisotopic (exact) mass is 750 g/mol. The van der Waals surface area contributed by atoms with Crippen LogP contribution >= 0.6 is 0 Å². The molecule has 288 valence electrons. The highest BCUT2D eigenvalue weighted by Crippen LogP contribution is 2.53. The van der Waals surface area contributed by atoms with E-state index < -0.39 is 23.2 Å². The van der Waals surface area contributed by atoms with Gasteiger partial charge in [0.05, 0.1) is 35.0 Å². The van der Waals surface area contributed by atoms with Crippen LogP contribution < -0.4 is 0 Å². The molecule has 1 aliphatic carbocycles. The van der Waals surface area contributed by atoms with Crippen LogP contribution in [-0.4, -0.2) is 65.7 Å². The molecule has 2 fully saturated rings. The van der Waals surface area contributed by atoms with Gasteiger partial charge in [-0.1, -0.05) is 37.3 Å². The zero-order valence-electron chi connectivity index (χ0n) is 32.6. The molecule has 4 atom stereocenters. The molecule has 8 rings (SSSR count). The second-order valence-corrected chi connectivity index (χ2v) is 17.4. The molecule has 0 bridgehead atoms. The van der Waals surface area contributed by atoms with Gasteiger partial charge >= 0.3 is 12.2 Å². The van der Waals surface area contributed by atoms with Gasteiger partial charge in [0, 0.05) is 29.3 Å². The highest BCUT2D eigenvalue weighted by atomic mass is 19.3. The van der Waals surface area contributed by atoms with Crippen molar-refractivity contribution in [3.8, 4) is 33.5 Å². The van der Waals surface area contributed by atoms with Crippen LogP contribution in [0, 0.1) is 5.92 Å². The maximum atomic E-state index is 16.4. The molecule has 4 heterocycles. The number of halogens is 2. The summed E-state index contributed by atoms with van der Waals surface area (Å²) < 4.78 is 44.2. The molecule has 0 spiro atoms. The van der Waals surface area contributed by atoms with E-state index in [1.54, 1.807) is 34.2 Å². The number of hydrogen-bond acceptors (Lipinski definition) is 6. The SMILES string of the molecule is C[C@@H]1C[C@H](C)[C@@H](c2nc3ccc(-c4ccc5c(c4)C(F)(F)c4cc(-c6cnc([C@@H]7CCCN7C(=O)OC(C)(C)C)[nH]6)ccc4-5)cc3[nH]2)N1C(=O)OC(C)(C)C. The highest BCUT2D eigenvalue weighted by molar-refractivity contribution is 5.87. The molecule has 12 heteroatoms. The lowest BCUT2D eigenvalue weighted by Gasteiger charge is -2.31. The van der Waals surface area contributed by atoms with Gasteiger partial charge in [0.15, 0.2) is 0 Å². The summed E-state index contributed by atoms with van der Waals surface area (Å²) in [6, 6.07) is 15.5. The van der Waals surface area contributed by atoms with Gasteiger partial charge in [-0.05, 0) is 120 Å². The first-order valence-electron chi connectivity index (χ1n) is 19.1. The van der Waals surface area contributed by atoms with Crippen molar-refractivity contribution in [2.24, 2.45) is 5.92 Å². The number of carbonyl (C=O) groups excluding carboxylic acids is 2. The molecular formula is C43H48F2N6O4. The first kappa shape index (κ1) is 36.7. The van der Waals surface area contributed by atoms with Gasteiger partial charge in [-0.2, -0.15) is 8.78 Å². The van der Waals surface area contributed by atoms with Crippen molar-refractivity contribution in [1.29, 1.82) is 0 Å². The Morgan fingerprint density at radius 1 is 0.818 bits per heavy atom. The fraction of sp³-hybridized carbons (Fsp3) is 0.442. The summed E-state index contributed by atoms with van der Waals surface area (Å²) in [4.78, 5) is 45.8. The minimum atomic E-state index is -3.23. The third-order valence-electron chi connectivity index (χ3n) is 10.9. The van der Waals surface area contributed by atoms with Crippen LogP contribution in [0.5, 0.6) is 0 Å². The van der Waals surface area contributed by atoms with Gasteiger partial charge in [-0.15, -0.1) is 0 Å². The number of H-pyrrole nitrogens is 2. The number of benzene rings is 3. The Hall–Kier alpha value is -5.26. The van der Waals surface area contributed by atoms with Crippen LogP contribution in [0.25, 0.3) is 44.5 Å². The molecule has 2 amide bonds. The molecule has 3 aromatic carbocycles. The third kappa shape index (κ3) is 6.63. The fourth-order valence-corrected chi connectivity index (χ4v) is 8.50. The standard InChI is InChI=1S/C43H48F2N6O4/c1-23-18-24(2)51(40(53)55-42(6,7)8)36(23)38-47-32-16-13-26(21-33(32)48-38)25-11-14-28-29-15-12-27(20-31(29)43(44,45)30(28)19-25)34-22-46-37(49-34)35-10-9-17-50(35)39(52)54-41(3,4)5/h11-16,19-24,35-36H,9-10,17-18H2,1-8H3,(H,46,49)(H,47,48)/t23-,24+,35-,36-/m0/s1. The number of nitrogens with zero attached hydrogens (tertiary/aromatic N) is 4. The number of hydrogen-bond donors (Lipinski definition) is 2. The second kappa shape index (κ2) is 12.9. The van der Waals surface area contributed by atoms with Crippen molar-refractivity contribution < 1.29 is 27.8 Å². The number of fused-ring (bicyclic) bond motifs is 4. The normalized spacial score (nSPS) is 21.9. The number of carbonyl (C=O) groups is 2. The lowest BCUT2D eigenvalue weighted by Crippen LogP contribution is -2.40. The van der Waals surface area contributed by atoms with E-state index in [9.17, 15) is 9.59 Å². The quantitative estimate of drug-likeness (QED) is 0.189. The smallest absolute Gasteiger partial charge is 0.411 e. The molecule has 55 heavy (non-hydrogen) atoms. The molecule has 0 unspecified atom stereocenters. The predicted molar refractivity (Wildman–Crippen MR) is 207 cm³/mol. The van der Waals surface area contributed by atoms with E-state index in [-0.39, 0.29) is 41.3 Å². The van der Waals surface area contributed by atoms with Gasteiger partial charge in [-0.25, -0.2) is 19.6 Å². The van der Waals surface area contributed by atoms with Crippen LogP contribution in [0.3, 0.4) is 0 Å². The molecule has 0 radical (unpaired) electrons. The zero-order chi connectivity index (χ0) is 39.2. The van der Waals surface area contributed by atoms with Crippen molar-refractivity contribution in [3.63, 3.8) is 0 Å². The molecule has 5 aromatic rings. The molecular weight excluding hydrogens is 703 g/mol. The van der Waals surface area contributed by atoms with E-state index in [1.165, 1.54) is 6.07 Å². The van der Waals surface area contributed by atoms with Gasteiger partial charge in [0.25, 0.3) is 5.92 Å². The van der Waals surface area contributed by atoms with Crippen LogP contribution in [-0.2, 0) is 15.4 Å². The Morgan fingerprint density at radius 3 is 2.13 bits per heavy atom. The van der Waals surface area contributed by atoms with E-state index >= 15 is 8.78 Å². The average molecular weight is 751 g/mol. The van der Waals surface area contributed by atoms with Crippen LogP contribution in [0.15, 0.2) is 60.8 Å². The minimum Gasteiger partial charge on any atom is -0.444 e. The lowest BCUT2D eigenvalue weighted by molar-refractivity contribution is 0.0135. The predicted octanol–water partition coefficient (Wildman–Crippen LogP) is 10.5. The maximum absolute atomic E-state index is 16.4. The Balaban J connectivity index is 1.05. The number of likely N-dealkylation sites (tertiary alicyclic amines) is 2. The summed E-state index contributed by atoms with van der Waals surface area (Å²) in [5, 5.41) is 0. The summed E-state index contributed by atoms with van der Waals surface area (Å²) >= 11 is 0. The fourth-order valence-electron chi connectivity index (χ4n) is 8.50. The number of alkyl halides is 2. The summed E-state index contributed by atoms with van der Waals surface area (Å²) in [7, 11) is 0. The van der Waals surface area contributed by atoms with Crippen molar-refractivity contribution in [3.05, 3.63) is 83.6 Å². The summed E-state index contributed by atoms with van der Waals surface area (Å²) in [6.07, 6.45) is 3.24. The number of rotatable bonds is 4. The minimum absolute atomic E-state index is 0.0161. The van der Waals surface area contributed by atoms with Crippen molar-refractivity contribution >= 4 is 23.2 Å². The summed E-state index contributed by atoms with van der Waals surface area (Å²) in [5.41, 5.74) is 3.74. The number of aromatic amines is 2. The number of amides is 2. The first-order chi connectivity index (χ1) is 25.9. The third-order valence-corrected chi connectivity index (χ3v) is 10.9. The Labute approximate surface area is 319 Å². The van der Waals surface area contributed by atoms with Crippen molar-refractivity contribution in [2.75, 3.05) is 6.54 Å². The van der Waals surface area contributed by atoms with E-state index in [0.717, 1.165) is 35.9 Å². The second-order valence-electron chi connectivity index (χ2n) is 17.4. The van der Waals surface area contributed by atoms with Gasteiger partial charge in [-0.3, -0.25) is 9.80 Å². The van der Waals surface area contributed by atoms with Crippen LogP contribution in [0.4, 0.5) is 18.4 Å². The Kier molecular flexibility index (Phi) is 8.62. The van der Waals surface area contributed by atoms with Gasteiger partial charge in [0.1, 0.15) is 22.9 Å². The van der Waals surface area contributed by atoms with E-state index in [0.29, 0.717) is 46.1 Å². The molecule has 0 saturated carbocycles. The van der Waals surface area contributed by atoms with Crippen LogP contribution in [0.2, 0.25) is 0 Å². The topological polar surface area (TPSA) is 116 Å². The molecule has 2 saturated heterocycles. The number of aromatic nitrogens is 4. The molecule has 3 aliphatic rings. The summed E-state index contributed by atoms with van der Waals surface area (Å²) in [6.45, 7) is 15.8. The highest BCUT2D eigenvalue weighted by Gasteiger charge is 2.46. The van der Waals surface area contributed by atoms with E-state index in [2.05, 4.69) is 21.9 Å². The lowest BCUT2D eigenvalue weighted by atomic mass is 9.98. The number of imidazole rings is 2. The number of ether oxygens (including phenoxy) is 2.